The zero-order valence-electron chi connectivity index (χ0n) is 17.5. The molecule has 7 heteroatoms. The molecule has 2 aromatic rings. The Kier molecular flexibility index (Phi) is 9.55. The Morgan fingerprint density at radius 1 is 1.13 bits per heavy atom. The first-order chi connectivity index (χ1) is 14.2. The second-order valence-electron chi connectivity index (χ2n) is 7.47. The number of thioether (sulfide) groups is 1. The van der Waals surface area contributed by atoms with Crippen molar-refractivity contribution in [1.82, 2.24) is 0 Å². The van der Waals surface area contributed by atoms with Crippen molar-refractivity contribution in [3.05, 3.63) is 71.8 Å². The molecule has 3 rings (SSSR count). The summed E-state index contributed by atoms with van der Waals surface area (Å²) in [6.45, 7) is 3.85. The average Bonchev–Trinajstić information content (AvgIpc) is 3.04. The molecule has 5 atom stereocenters. The quantitative estimate of drug-likeness (QED) is 0.499. The molecule has 0 saturated carbocycles. The molecule has 1 N–H and O–H groups in total. The van der Waals surface area contributed by atoms with E-state index in [0.717, 1.165) is 24.5 Å². The van der Waals surface area contributed by atoms with E-state index < -0.39 is 16.2 Å². The first kappa shape index (κ1) is 24.6. The lowest BCUT2D eigenvalue weighted by Gasteiger charge is -2.21. The van der Waals surface area contributed by atoms with Gasteiger partial charge in [0.15, 0.2) is 0 Å². The Morgan fingerprint density at radius 2 is 1.70 bits per heavy atom. The molecule has 1 fully saturated rings. The first-order valence-electron chi connectivity index (χ1n) is 9.96. The van der Waals surface area contributed by atoms with Gasteiger partial charge in [0.25, 0.3) is 10.1 Å². The Balaban J connectivity index is 0.000000220. The van der Waals surface area contributed by atoms with Crippen molar-refractivity contribution in [2.45, 2.75) is 55.3 Å². The lowest BCUT2D eigenvalue weighted by atomic mass is 9.92. The van der Waals surface area contributed by atoms with E-state index in [0.29, 0.717) is 11.2 Å². The summed E-state index contributed by atoms with van der Waals surface area (Å²) in [5.74, 6) is 0.282. The lowest BCUT2D eigenvalue weighted by molar-refractivity contribution is -0.108. The van der Waals surface area contributed by atoms with Crippen molar-refractivity contribution in [3.63, 3.8) is 0 Å². The number of aliphatic hydroxyl groups is 1. The normalized spacial score (nSPS) is 23.1. The van der Waals surface area contributed by atoms with E-state index in [1.165, 1.54) is 5.56 Å². The minimum Gasteiger partial charge on any atom is -0.382 e. The minimum absolute atomic E-state index is 0.166. The largest absolute Gasteiger partial charge is 0.382 e. The number of carbonyl (C=O) groups is 1. The van der Waals surface area contributed by atoms with Gasteiger partial charge >= 0.3 is 0 Å². The average molecular weight is 451 g/mol. The van der Waals surface area contributed by atoms with Crippen molar-refractivity contribution in [3.8, 4) is 0 Å². The monoisotopic (exact) mass is 450 g/mol. The Hall–Kier alpha value is -1.67. The molecular formula is C23H30O5S2. The number of aliphatic hydroxyl groups excluding tert-OH is 1. The molecule has 2 aromatic carbocycles. The second-order valence-corrected chi connectivity index (χ2v) is 10.6. The fraction of sp³-hybridized carbons (Fsp3) is 0.435. The standard InChI is InChI=1S/C12H16O4S.C11H14OS/c1-10(16-17(2,14)15)12(8-9-13)11-6-4-3-5-7-11;1-8-10(7-11(12)13-8)9-5-3-2-4-6-9/h3-7,9-10,12H,8H2,1-2H3;2-6,8,10-12H,7H2,1H3. The van der Waals surface area contributed by atoms with Crippen LogP contribution in [0.3, 0.4) is 0 Å². The molecule has 1 aliphatic heterocycles. The van der Waals surface area contributed by atoms with Crippen LogP contribution >= 0.6 is 11.8 Å². The number of aldehydes is 1. The molecule has 0 radical (unpaired) electrons. The predicted octanol–water partition coefficient (Wildman–Crippen LogP) is 4.34. The maximum Gasteiger partial charge on any atom is 0.264 e. The zero-order chi connectivity index (χ0) is 22.1. The minimum atomic E-state index is -3.51. The third kappa shape index (κ3) is 7.87. The van der Waals surface area contributed by atoms with Crippen molar-refractivity contribution in [1.29, 1.82) is 0 Å². The maximum absolute atomic E-state index is 11.1. The van der Waals surface area contributed by atoms with E-state index in [-0.39, 0.29) is 17.8 Å². The molecule has 1 heterocycles. The highest BCUT2D eigenvalue weighted by Gasteiger charge is 2.31. The van der Waals surface area contributed by atoms with Crippen molar-refractivity contribution < 1.29 is 22.5 Å². The summed E-state index contributed by atoms with van der Waals surface area (Å²) in [5, 5.41) is 10.0. The topological polar surface area (TPSA) is 80.7 Å². The number of hydrogen-bond acceptors (Lipinski definition) is 6. The van der Waals surface area contributed by atoms with Crippen LogP contribution in [0.15, 0.2) is 60.7 Å². The molecule has 5 unspecified atom stereocenters. The fourth-order valence-electron chi connectivity index (χ4n) is 3.66. The number of carbonyl (C=O) groups excluding carboxylic acids is 1. The molecule has 0 aromatic heterocycles. The van der Waals surface area contributed by atoms with E-state index in [1.54, 1.807) is 18.7 Å². The summed E-state index contributed by atoms with van der Waals surface area (Å²) in [6.07, 6.45) is 2.36. The summed E-state index contributed by atoms with van der Waals surface area (Å²) in [6, 6.07) is 19.7. The highest BCUT2D eigenvalue weighted by molar-refractivity contribution is 8.00. The van der Waals surface area contributed by atoms with Gasteiger partial charge in [0.2, 0.25) is 0 Å². The van der Waals surface area contributed by atoms with Crippen LogP contribution in [0.4, 0.5) is 0 Å². The van der Waals surface area contributed by atoms with Crippen molar-refractivity contribution in [2.75, 3.05) is 6.26 Å². The molecule has 164 valence electrons. The molecule has 1 saturated heterocycles. The summed E-state index contributed by atoms with van der Waals surface area (Å²) < 4.78 is 27.1. The zero-order valence-corrected chi connectivity index (χ0v) is 19.2. The van der Waals surface area contributed by atoms with Gasteiger partial charge in [0, 0.05) is 17.6 Å². The van der Waals surface area contributed by atoms with E-state index in [1.807, 2.05) is 36.4 Å². The van der Waals surface area contributed by atoms with Gasteiger partial charge in [-0.15, -0.1) is 11.8 Å². The van der Waals surface area contributed by atoms with Gasteiger partial charge in [-0.1, -0.05) is 67.6 Å². The Morgan fingerprint density at radius 3 is 2.17 bits per heavy atom. The summed E-state index contributed by atoms with van der Waals surface area (Å²) in [4.78, 5) is 10.7. The molecule has 0 bridgehead atoms. The van der Waals surface area contributed by atoms with Crippen LogP contribution < -0.4 is 0 Å². The molecule has 5 nitrogen and oxygen atoms in total. The van der Waals surface area contributed by atoms with Gasteiger partial charge in [0.05, 0.1) is 12.4 Å². The van der Waals surface area contributed by atoms with Gasteiger partial charge < -0.3 is 9.90 Å². The second kappa shape index (κ2) is 11.6. The molecule has 1 aliphatic rings. The Bertz CT molecular complexity index is 871. The van der Waals surface area contributed by atoms with E-state index in [9.17, 15) is 18.3 Å². The lowest BCUT2D eigenvalue weighted by Crippen LogP contribution is -2.22. The maximum atomic E-state index is 11.1. The van der Waals surface area contributed by atoms with Crippen LogP contribution in [0, 0.1) is 0 Å². The highest BCUT2D eigenvalue weighted by atomic mass is 32.2. The van der Waals surface area contributed by atoms with Crippen LogP contribution in [-0.2, 0) is 19.1 Å². The smallest absolute Gasteiger partial charge is 0.264 e. The Labute approximate surface area is 184 Å². The number of rotatable bonds is 7. The van der Waals surface area contributed by atoms with Crippen LogP contribution in [0.1, 0.15) is 49.7 Å². The van der Waals surface area contributed by atoms with Crippen LogP contribution in [0.25, 0.3) is 0 Å². The van der Waals surface area contributed by atoms with Gasteiger partial charge in [-0.3, -0.25) is 4.18 Å². The van der Waals surface area contributed by atoms with Gasteiger partial charge in [-0.05, 0) is 30.4 Å². The predicted molar refractivity (Wildman–Crippen MR) is 122 cm³/mol. The third-order valence-corrected chi connectivity index (χ3v) is 7.01. The summed E-state index contributed by atoms with van der Waals surface area (Å²) in [7, 11) is -3.51. The van der Waals surface area contributed by atoms with Crippen molar-refractivity contribution in [2.24, 2.45) is 0 Å². The number of benzene rings is 2. The SMILES string of the molecule is CC(OS(C)(=O)=O)C(CC=O)c1ccccc1.CC1SC(O)CC1c1ccccc1. The van der Waals surface area contributed by atoms with Gasteiger partial charge in [0.1, 0.15) is 11.7 Å². The van der Waals surface area contributed by atoms with E-state index in [4.69, 9.17) is 4.18 Å². The third-order valence-electron chi connectivity index (χ3n) is 5.09. The fourth-order valence-corrected chi connectivity index (χ4v) is 5.62. The molecule has 0 spiro atoms. The van der Waals surface area contributed by atoms with Crippen LogP contribution in [-0.4, -0.2) is 42.9 Å². The summed E-state index contributed by atoms with van der Waals surface area (Å²) >= 11 is 1.68. The molecule has 0 amide bonds. The van der Waals surface area contributed by atoms with Gasteiger partial charge in [-0.2, -0.15) is 8.42 Å². The summed E-state index contributed by atoms with van der Waals surface area (Å²) in [5.41, 5.74) is 2.09. The van der Waals surface area contributed by atoms with Gasteiger partial charge in [-0.25, -0.2) is 0 Å². The van der Waals surface area contributed by atoms with E-state index >= 15 is 0 Å². The highest BCUT2D eigenvalue weighted by Crippen LogP contribution is 2.42. The molecular weight excluding hydrogens is 420 g/mol. The van der Waals surface area contributed by atoms with Crippen LogP contribution in [0.2, 0.25) is 0 Å². The van der Waals surface area contributed by atoms with Crippen molar-refractivity contribution >= 4 is 28.2 Å². The first-order valence-corrected chi connectivity index (χ1v) is 12.7. The molecule has 0 aliphatic carbocycles. The van der Waals surface area contributed by atoms with Crippen LogP contribution in [0.5, 0.6) is 0 Å². The number of hydrogen-bond donors (Lipinski definition) is 1. The van der Waals surface area contributed by atoms with E-state index in [2.05, 4.69) is 31.2 Å². The molecule has 30 heavy (non-hydrogen) atoms.